The molecule has 0 aliphatic rings. The summed E-state index contributed by atoms with van der Waals surface area (Å²) in [5, 5.41) is 9.22. The number of rotatable bonds is 5. The number of pyridine rings is 1. The van der Waals surface area contributed by atoms with Gasteiger partial charge in [-0.2, -0.15) is 0 Å². The second kappa shape index (κ2) is 5.87. The zero-order valence-electron chi connectivity index (χ0n) is 12.2. The lowest BCUT2D eigenvalue weighted by Gasteiger charge is -2.04. The fourth-order valence-electron chi connectivity index (χ4n) is 2.31. The van der Waals surface area contributed by atoms with Gasteiger partial charge in [0.25, 0.3) is 0 Å². The second-order valence-corrected chi connectivity index (χ2v) is 5.73. The Labute approximate surface area is 127 Å². The maximum absolute atomic E-state index is 5.67. The third kappa shape index (κ3) is 2.66. The molecule has 7 heteroatoms. The first-order valence-corrected chi connectivity index (χ1v) is 7.89. The molecule has 110 valence electrons. The van der Waals surface area contributed by atoms with Crippen LogP contribution in [-0.4, -0.2) is 24.1 Å². The summed E-state index contributed by atoms with van der Waals surface area (Å²) in [4.78, 5) is 4.67. The van der Waals surface area contributed by atoms with Crippen LogP contribution >= 0.6 is 11.8 Å². The Hall–Kier alpha value is -1.86. The van der Waals surface area contributed by atoms with Crippen molar-refractivity contribution in [2.75, 3.05) is 0 Å². The molecule has 3 heterocycles. The number of hydrogen-bond acceptors (Lipinski definition) is 5. The number of nitrogens with zero attached hydrogens (tertiary/aromatic N) is 5. The molecule has 0 aromatic carbocycles. The third-order valence-electron chi connectivity index (χ3n) is 3.37. The number of nitrogens with two attached hydrogens (primary N) is 1. The van der Waals surface area contributed by atoms with Gasteiger partial charge in [-0.05, 0) is 25.5 Å². The third-order valence-corrected chi connectivity index (χ3v) is 4.37. The van der Waals surface area contributed by atoms with Gasteiger partial charge in [-0.25, -0.2) is 4.98 Å². The van der Waals surface area contributed by atoms with Gasteiger partial charge in [0.1, 0.15) is 11.5 Å². The van der Waals surface area contributed by atoms with Crippen LogP contribution < -0.4 is 5.73 Å². The monoisotopic (exact) mass is 302 g/mol. The van der Waals surface area contributed by atoms with Gasteiger partial charge in [0.05, 0.1) is 12.2 Å². The highest BCUT2D eigenvalue weighted by atomic mass is 32.2. The summed E-state index contributed by atoms with van der Waals surface area (Å²) in [7, 11) is 0. The summed E-state index contributed by atoms with van der Waals surface area (Å²) in [6, 6.07) is 4.10. The molecule has 0 unspecified atom stereocenters. The average molecular weight is 302 g/mol. The largest absolute Gasteiger partial charge is 0.324 e. The van der Waals surface area contributed by atoms with Crippen LogP contribution in [0.15, 0.2) is 29.7 Å². The number of hydrogen-bond donors (Lipinski definition) is 1. The fraction of sp³-hybridized carbons (Fsp3) is 0.357. The van der Waals surface area contributed by atoms with Crippen molar-refractivity contribution in [3.63, 3.8) is 0 Å². The number of imidazole rings is 1. The van der Waals surface area contributed by atoms with Crippen LogP contribution in [0.3, 0.4) is 0 Å². The van der Waals surface area contributed by atoms with E-state index < -0.39 is 0 Å². The Morgan fingerprint density at radius 3 is 2.90 bits per heavy atom. The van der Waals surface area contributed by atoms with E-state index >= 15 is 0 Å². The summed E-state index contributed by atoms with van der Waals surface area (Å²) in [5.41, 5.74) is 8.89. The molecule has 0 bridgehead atoms. The molecule has 3 rings (SSSR count). The van der Waals surface area contributed by atoms with Crippen LogP contribution in [0.25, 0.3) is 5.65 Å². The van der Waals surface area contributed by atoms with E-state index in [4.69, 9.17) is 5.73 Å². The highest BCUT2D eigenvalue weighted by Crippen LogP contribution is 2.22. The van der Waals surface area contributed by atoms with E-state index in [0.29, 0.717) is 6.54 Å². The molecule has 2 N–H and O–H groups in total. The van der Waals surface area contributed by atoms with Crippen molar-refractivity contribution in [3.05, 3.63) is 41.6 Å². The highest BCUT2D eigenvalue weighted by Gasteiger charge is 2.11. The van der Waals surface area contributed by atoms with Crippen LogP contribution in [0.4, 0.5) is 0 Å². The van der Waals surface area contributed by atoms with Crippen molar-refractivity contribution < 1.29 is 0 Å². The van der Waals surface area contributed by atoms with Crippen LogP contribution in [0.1, 0.15) is 24.0 Å². The van der Waals surface area contributed by atoms with E-state index in [1.54, 1.807) is 11.8 Å². The number of aryl methyl sites for hydroxylation is 1. The van der Waals surface area contributed by atoms with Crippen molar-refractivity contribution in [1.82, 2.24) is 24.1 Å². The lowest BCUT2D eigenvalue weighted by atomic mass is 10.3. The van der Waals surface area contributed by atoms with E-state index in [1.165, 1.54) is 5.56 Å². The summed E-state index contributed by atoms with van der Waals surface area (Å²) in [6.45, 7) is 5.38. The Bertz CT molecular complexity index is 760. The molecule has 0 saturated heterocycles. The van der Waals surface area contributed by atoms with Crippen molar-refractivity contribution in [2.24, 2.45) is 5.73 Å². The molecular weight excluding hydrogens is 284 g/mol. The van der Waals surface area contributed by atoms with Crippen LogP contribution in [0, 0.1) is 6.92 Å². The van der Waals surface area contributed by atoms with E-state index in [0.717, 1.165) is 34.6 Å². The van der Waals surface area contributed by atoms with E-state index in [1.807, 2.05) is 16.8 Å². The van der Waals surface area contributed by atoms with Gasteiger partial charge in [0.15, 0.2) is 5.16 Å². The van der Waals surface area contributed by atoms with Crippen molar-refractivity contribution in [3.8, 4) is 0 Å². The van der Waals surface area contributed by atoms with E-state index in [-0.39, 0.29) is 0 Å². The summed E-state index contributed by atoms with van der Waals surface area (Å²) in [6.07, 6.45) is 4.08. The predicted molar refractivity (Wildman–Crippen MR) is 83.1 cm³/mol. The summed E-state index contributed by atoms with van der Waals surface area (Å²) in [5.74, 6) is 1.59. The lowest BCUT2D eigenvalue weighted by Crippen LogP contribution is -2.08. The minimum atomic E-state index is 0.412. The van der Waals surface area contributed by atoms with Gasteiger partial charge in [-0.1, -0.05) is 17.8 Å². The maximum atomic E-state index is 5.67. The quantitative estimate of drug-likeness (QED) is 0.730. The first kappa shape index (κ1) is 14.1. The first-order chi connectivity index (χ1) is 10.2. The predicted octanol–water partition coefficient (Wildman–Crippen LogP) is 2.01. The zero-order valence-corrected chi connectivity index (χ0v) is 13.0. The highest BCUT2D eigenvalue weighted by molar-refractivity contribution is 7.98. The maximum Gasteiger partial charge on any atom is 0.191 e. The van der Waals surface area contributed by atoms with Gasteiger partial charge >= 0.3 is 0 Å². The van der Waals surface area contributed by atoms with Gasteiger partial charge < -0.3 is 14.7 Å². The smallest absolute Gasteiger partial charge is 0.191 e. The summed E-state index contributed by atoms with van der Waals surface area (Å²) >= 11 is 1.64. The molecule has 0 radical (unpaired) electrons. The second-order valence-electron chi connectivity index (χ2n) is 4.79. The normalized spacial score (nSPS) is 11.4. The molecule has 0 fully saturated rings. The van der Waals surface area contributed by atoms with Gasteiger partial charge in [-0.15, -0.1) is 10.2 Å². The molecule has 0 atom stereocenters. The summed E-state index contributed by atoms with van der Waals surface area (Å²) < 4.78 is 4.10. The molecule has 0 spiro atoms. The SMILES string of the molecule is CCn1c(CN)nnc1SCc1cn2cccc(C)c2n1. The number of aromatic nitrogens is 5. The minimum absolute atomic E-state index is 0.412. The lowest BCUT2D eigenvalue weighted by molar-refractivity contribution is 0.643. The van der Waals surface area contributed by atoms with Gasteiger partial charge in [0.2, 0.25) is 0 Å². The first-order valence-electron chi connectivity index (χ1n) is 6.91. The molecule has 0 aliphatic heterocycles. The Morgan fingerprint density at radius 1 is 1.33 bits per heavy atom. The fourth-order valence-corrected chi connectivity index (χ4v) is 3.21. The van der Waals surface area contributed by atoms with Crippen molar-refractivity contribution in [2.45, 2.75) is 37.8 Å². The molecule has 3 aromatic rings. The molecule has 21 heavy (non-hydrogen) atoms. The van der Waals surface area contributed by atoms with Crippen LogP contribution in [0.2, 0.25) is 0 Å². The van der Waals surface area contributed by atoms with Gasteiger partial charge in [-0.3, -0.25) is 0 Å². The molecular formula is C14H18N6S. The van der Waals surface area contributed by atoms with Crippen molar-refractivity contribution in [1.29, 1.82) is 0 Å². The van der Waals surface area contributed by atoms with E-state index in [2.05, 4.69) is 45.7 Å². The Balaban J connectivity index is 1.80. The Kier molecular flexibility index (Phi) is 3.94. The molecule has 3 aromatic heterocycles. The molecule has 0 aliphatic carbocycles. The average Bonchev–Trinajstić information content (AvgIpc) is 3.08. The van der Waals surface area contributed by atoms with Crippen molar-refractivity contribution >= 4 is 17.4 Å². The zero-order chi connectivity index (χ0) is 14.8. The van der Waals surface area contributed by atoms with E-state index in [9.17, 15) is 0 Å². The van der Waals surface area contributed by atoms with Crippen LogP contribution in [-0.2, 0) is 18.8 Å². The minimum Gasteiger partial charge on any atom is -0.324 e. The number of thioether (sulfide) groups is 1. The van der Waals surface area contributed by atoms with Gasteiger partial charge in [0, 0.05) is 24.7 Å². The van der Waals surface area contributed by atoms with Crippen LogP contribution in [0.5, 0.6) is 0 Å². The number of fused-ring (bicyclic) bond motifs is 1. The topological polar surface area (TPSA) is 74.0 Å². The molecule has 0 amide bonds. The molecule has 0 saturated carbocycles. The standard InChI is InChI=1S/C14H18N6S/c1-3-20-12(7-15)17-18-14(20)21-9-11-8-19-6-4-5-10(2)13(19)16-11/h4-6,8H,3,7,9,15H2,1-2H3. The Morgan fingerprint density at radius 2 is 2.19 bits per heavy atom. The molecule has 6 nitrogen and oxygen atoms in total.